The van der Waals surface area contributed by atoms with E-state index in [9.17, 15) is 4.79 Å². The number of aldehydes is 1. The van der Waals surface area contributed by atoms with Crippen LogP contribution in [0, 0.1) is 0 Å². The maximum absolute atomic E-state index is 10.5. The fourth-order valence-corrected chi connectivity index (χ4v) is 2.85. The molecule has 2 nitrogen and oxygen atoms in total. The van der Waals surface area contributed by atoms with Gasteiger partial charge in [-0.1, -0.05) is 0 Å². The number of carbonyl (C=O) groups excluding carboxylic acids is 1. The molecule has 0 aromatic heterocycles. The van der Waals surface area contributed by atoms with Crippen LogP contribution in [-0.2, 0) is 9.53 Å². The van der Waals surface area contributed by atoms with Crippen molar-refractivity contribution < 1.29 is 9.53 Å². The Labute approximate surface area is 78.1 Å². The Kier molecular flexibility index (Phi) is 4.09. The zero-order chi connectivity index (χ0) is 8.86. The zero-order valence-electron chi connectivity index (χ0n) is 7.54. The van der Waals surface area contributed by atoms with E-state index in [1.54, 1.807) is 0 Å². The summed E-state index contributed by atoms with van der Waals surface area (Å²) in [6, 6.07) is 0. The summed E-state index contributed by atoms with van der Waals surface area (Å²) < 4.78 is 5.67. The quantitative estimate of drug-likeness (QED) is 0.630. The molecule has 0 bridgehead atoms. The molecule has 1 fully saturated rings. The van der Waals surface area contributed by atoms with Crippen molar-refractivity contribution >= 4 is 18.0 Å². The number of carbonyl (C=O) groups is 1. The van der Waals surface area contributed by atoms with E-state index < -0.39 is 0 Å². The predicted molar refractivity (Wildman–Crippen MR) is 51.6 cm³/mol. The molecule has 0 saturated carbocycles. The van der Waals surface area contributed by atoms with Crippen molar-refractivity contribution in [2.45, 2.75) is 31.8 Å². The highest BCUT2D eigenvalue weighted by molar-refractivity contribution is 7.99. The molecule has 0 unspecified atom stereocenters. The molecule has 0 spiro atoms. The second-order valence-electron chi connectivity index (χ2n) is 3.10. The van der Waals surface area contributed by atoms with Gasteiger partial charge >= 0.3 is 0 Å². The molecule has 1 heterocycles. The molecule has 1 aliphatic heterocycles. The first-order chi connectivity index (χ1) is 5.83. The molecule has 0 aliphatic carbocycles. The Morgan fingerprint density at radius 1 is 1.50 bits per heavy atom. The highest BCUT2D eigenvalue weighted by Crippen LogP contribution is 2.32. The van der Waals surface area contributed by atoms with Crippen LogP contribution < -0.4 is 0 Å². The van der Waals surface area contributed by atoms with E-state index in [0.717, 1.165) is 37.2 Å². The van der Waals surface area contributed by atoms with Gasteiger partial charge in [0.15, 0.2) is 0 Å². The molecule has 1 saturated heterocycles. The molecule has 0 amide bonds. The fourth-order valence-electron chi connectivity index (χ4n) is 1.61. The third-order valence-electron chi connectivity index (χ3n) is 2.31. The van der Waals surface area contributed by atoms with Gasteiger partial charge in [0.05, 0.1) is 5.60 Å². The molecule has 0 radical (unpaired) electrons. The first-order valence-corrected chi connectivity index (χ1v) is 5.64. The number of hydrogen-bond donors (Lipinski definition) is 0. The van der Waals surface area contributed by atoms with Crippen molar-refractivity contribution in [2.24, 2.45) is 0 Å². The van der Waals surface area contributed by atoms with E-state index in [2.05, 4.69) is 0 Å². The molecule has 1 rings (SSSR count). The summed E-state index contributed by atoms with van der Waals surface area (Å²) in [4.78, 5) is 10.5. The predicted octanol–water partition coefficient (Wildman–Crippen LogP) is 1.88. The highest BCUT2D eigenvalue weighted by Gasteiger charge is 2.32. The van der Waals surface area contributed by atoms with Crippen molar-refractivity contribution in [3.05, 3.63) is 0 Å². The van der Waals surface area contributed by atoms with E-state index in [0.29, 0.717) is 6.42 Å². The van der Waals surface area contributed by atoms with Crippen molar-refractivity contribution in [3.8, 4) is 0 Å². The minimum atomic E-state index is -0.109. The summed E-state index contributed by atoms with van der Waals surface area (Å²) in [6.07, 6.45) is 3.63. The van der Waals surface area contributed by atoms with Crippen molar-refractivity contribution in [2.75, 3.05) is 18.1 Å². The average Bonchev–Trinajstić information content (AvgIpc) is 2.07. The van der Waals surface area contributed by atoms with Gasteiger partial charge in [0.1, 0.15) is 6.29 Å². The lowest BCUT2D eigenvalue weighted by Gasteiger charge is -2.35. The molecule has 0 N–H and O–H groups in total. The van der Waals surface area contributed by atoms with E-state index in [-0.39, 0.29) is 5.60 Å². The smallest absolute Gasteiger partial charge is 0.122 e. The Bertz CT molecular complexity index is 136. The second-order valence-corrected chi connectivity index (χ2v) is 4.32. The maximum Gasteiger partial charge on any atom is 0.122 e. The van der Waals surface area contributed by atoms with Crippen LogP contribution in [0.3, 0.4) is 0 Å². The Morgan fingerprint density at radius 2 is 2.17 bits per heavy atom. The summed E-state index contributed by atoms with van der Waals surface area (Å²) >= 11 is 1.95. The average molecular weight is 188 g/mol. The summed E-state index contributed by atoms with van der Waals surface area (Å²) in [5, 5.41) is 0. The van der Waals surface area contributed by atoms with Crippen LogP contribution in [0.1, 0.15) is 26.2 Å². The van der Waals surface area contributed by atoms with Crippen LogP contribution in [0.15, 0.2) is 0 Å². The van der Waals surface area contributed by atoms with Crippen LogP contribution >= 0.6 is 11.8 Å². The molecule has 12 heavy (non-hydrogen) atoms. The number of rotatable bonds is 4. The second kappa shape index (κ2) is 4.87. The van der Waals surface area contributed by atoms with Gasteiger partial charge < -0.3 is 9.53 Å². The lowest BCUT2D eigenvalue weighted by Crippen LogP contribution is -2.37. The van der Waals surface area contributed by atoms with Gasteiger partial charge in [0.25, 0.3) is 0 Å². The minimum absolute atomic E-state index is 0.109. The van der Waals surface area contributed by atoms with E-state index in [4.69, 9.17) is 4.74 Å². The van der Waals surface area contributed by atoms with E-state index >= 15 is 0 Å². The SMILES string of the molecule is CCOC1(CC=O)CCSCC1. The summed E-state index contributed by atoms with van der Waals surface area (Å²) in [7, 11) is 0. The fraction of sp³-hybridized carbons (Fsp3) is 0.889. The molecular weight excluding hydrogens is 172 g/mol. The van der Waals surface area contributed by atoms with Gasteiger partial charge in [-0.15, -0.1) is 0 Å². The lowest BCUT2D eigenvalue weighted by molar-refractivity contribution is -0.116. The zero-order valence-corrected chi connectivity index (χ0v) is 8.36. The normalized spacial score (nSPS) is 22.1. The Hall–Kier alpha value is -0.0200. The molecule has 0 atom stereocenters. The summed E-state index contributed by atoms with van der Waals surface area (Å²) in [5.74, 6) is 2.27. The summed E-state index contributed by atoms with van der Waals surface area (Å²) in [5.41, 5.74) is -0.109. The van der Waals surface area contributed by atoms with Gasteiger partial charge in [-0.3, -0.25) is 0 Å². The number of thioether (sulfide) groups is 1. The Balaban J connectivity index is 2.49. The standard InChI is InChI=1S/C9H16O2S/c1-2-11-9(3-6-10)4-7-12-8-5-9/h6H,2-5,7-8H2,1H3. The molecule has 0 aromatic carbocycles. The van der Waals surface area contributed by atoms with Crippen LogP contribution in [0.25, 0.3) is 0 Å². The van der Waals surface area contributed by atoms with Gasteiger partial charge in [-0.25, -0.2) is 0 Å². The first-order valence-electron chi connectivity index (χ1n) is 4.48. The largest absolute Gasteiger partial charge is 0.375 e. The molecular formula is C9H16O2S. The van der Waals surface area contributed by atoms with Gasteiger partial charge in [-0.05, 0) is 31.3 Å². The van der Waals surface area contributed by atoms with E-state index in [1.807, 2.05) is 18.7 Å². The first kappa shape index (κ1) is 10.1. The lowest BCUT2D eigenvalue weighted by atomic mass is 9.93. The third-order valence-corrected chi connectivity index (χ3v) is 3.30. The highest BCUT2D eigenvalue weighted by atomic mass is 32.2. The number of ether oxygens (including phenoxy) is 1. The van der Waals surface area contributed by atoms with Gasteiger partial charge in [0.2, 0.25) is 0 Å². The maximum atomic E-state index is 10.5. The van der Waals surface area contributed by atoms with Gasteiger partial charge in [-0.2, -0.15) is 11.8 Å². The monoisotopic (exact) mass is 188 g/mol. The molecule has 3 heteroatoms. The Morgan fingerprint density at radius 3 is 2.67 bits per heavy atom. The third kappa shape index (κ3) is 2.49. The van der Waals surface area contributed by atoms with E-state index in [1.165, 1.54) is 0 Å². The van der Waals surface area contributed by atoms with Crippen LogP contribution in [0.4, 0.5) is 0 Å². The van der Waals surface area contributed by atoms with Crippen LogP contribution in [-0.4, -0.2) is 30.0 Å². The molecule has 1 aliphatic rings. The van der Waals surface area contributed by atoms with Crippen LogP contribution in [0.5, 0.6) is 0 Å². The topological polar surface area (TPSA) is 26.3 Å². The van der Waals surface area contributed by atoms with Gasteiger partial charge in [0, 0.05) is 13.0 Å². The minimum Gasteiger partial charge on any atom is -0.375 e. The molecule has 70 valence electrons. The molecule has 0 aromatic rings. The van der Waals surface area contributed by atoms with Crippen LogP contribution in [0.2, 0.25) is 0 Å². The number of hydrogen-bond acceptors (Lipinski definition) is 3. The van der Waals surface area contributed by atoms with Crippen molar-refractivity contribution in [1.82, 2.24) is 0 Å². The van der Waals surface area contributed by atoms with Crippen molar-refractivity contribution in [3.63, 3.8) is 0 Å². The van der Waals surface area contributed by atoms with Crippen molar-refractivity contribution in [1.29, 1.82) is 0 Å². The summed E-state index contributed by atoms with van der Waals surface area (Å²) in [6.45, 7) is 2.72.